The van der Waals surface area contributed by atoms with Crippen molar-refractivity contribution in [1.29, 1.82) is 0 Å². The third-order valence-corrected chi connectivity index (χ3v) is 3.08. The van der Waals surface area contributed by atoms with Crippen molar-refractivity contribution in [3.05, 3.63) is 23.8 Å². The molecule has 1 unspecified atom stereocenters. The topological polar surface area (TPSA) is 18.5 Å². The fourth-order valence-electron chi connectivity index (χ4n) is 2.18. The van der Waals surface area contributed by atoms with Gasteiger partial charge < -0.3 is 9.47 Å². The van der Waals surface area contributed by atoms with E-state index in [0.29, 0.717) is 11.8 Å². The van der Waals surface area contributed by atoms with E-state index in [9.17, 15) is 0 Å². The molecule has 0 aliphatic heterocycles. The van der Waals surface area contributed by atoms with Gasteiger partial charge in [-0.05, 0) is 36.0 Å². The van der Waals surface area contributed by atoms with Crippen molar-refractivity contribution in [2.75, 3.05) is 14.2 Å². The molecular weight excluding hydrogens is 200 g/mol. The van der Waals surface area contributed by atoms with E-state index < -0.39 is 0 Å². The van der Waals surface area contributed by atoms with Gasteiger partial charge in [-0.3, -0.25) is 0 Å². The van der Waals surface area contributed by atoms with E-state index in [-0.39, 0.29) is 0 Å². The fourth-order valence-corrected chi connectivity index (χ4v) is 2.18. The molecule has 1 aromatic carbocycles. The molecule has 1 rings (SSSR count). The smallest absolute Gasteiger partial charge is 0.160 e. The molecule has 0 aliphatic rings. The van der Waals surface area contributed by atoms with Crippen LogP contribution in [0, 0.1) is 5.92 Å². The molecule has 0 radical (unpaired) electrons. The van der Waals surface area contributed by atoms with Crippen LogP contribution in [0.2, 0.25) is 0 Å². The van der Waals surface area contributed by atoms with Crippen LogP contribution in [0.1, 0.15) is 38.7 Å². The highest BCUT2D eigenvalue weighted by molar-refractivity contribution is 5.44. The first-order valence-electron chi connectivity index (χ1n) is 5.85. The number of ether oxygens (including phenoxy) is 2. The van der Waals surface area contributed by atoms with Gasteiger partial charge in [-0.25, -0.2) is 0 Å². The molecule has 1 aromatic rings. The maximum Gasteiger partial charge on any atom is 0.160 e. The quantitative estimate of drug-likeness (QED) is 0.753. The van der Waals surface area contributed by atoms with E-state index in [1.54, 1.807) is 14.2 Å². The van der Waals surface area contributed by atoms with Crippen molar-refractivity contribution in [2.24, 2.45) is 5.92 Å². The maximum absolute atomic E-state index is 5.33. The highest BCUT2D eigenvalue weighted by Crippen LogP contribution is 2.34. The van der Waals surface area contributed by atoms with Crippen LogP contribution in [0.15, 0.2) is 18.2 Å². The zero-order valence-electron chi connectivity index (χ0n) is 10.9. The summed E-state index contributed by atoms with van der Waals surface area (Å²) in [5.41, 5.74) is 1.33. The Morgan fingerprint density at radius 1 is 1.06 bits per heavy atom. The Balaban J connectivity index is 3.06. The van der Waals surface area contributed by atoms with Crippen molar-refractivity contribution in [2.45, 2.75) is 33.1 Å². The van der Waals surface area contributed by atoms with Gasteiger partial charge >= 0.3 is 0 Å². The Hall–Kier alpha value is -1.18. The summed E-state index contributed by atoms with van der Waals surface area (Å²) in [6.07, 6.45) is 1.15. The van der Waals surface area contributed by atoms with Crippen molar-refractivity contribution in [3.63, 3.8) is 0 Å². The average molecular weight is 222 g/mol. The Morgan fingerprint density at radius 2 is 1.69 bits per heavy atom. The molecule has 0 saturated carbocycles. The molecule has 0 N–H and O–H groups in total. The minimum Gasteiger partial charge on any atom is -0.493 e. The van der Waals surface area contributed by atoms with Crippen molar-refractivity contribution < 1.29 is 9.47 Å². The predicted octanol–water partition coefficient (Wildman–Crippen LogP) is 3.85. The molecular formula is C14H22O2. The largest absolute Gasteiger partial charge is 0.493 e. The van der Waals surface area contributed by atoms with Gasteiger partial charge in [0.25, 0.3) is 0 Å². The molecule has 2 heteroatoms. The monoisotopic (exact) mass is 222 g/mol. The Morgan fingerprint density at radius 3 is 2.12 bits per heavy atom. The first kappa shape index (κ1) is 12.9. The molecule has 0 heterocycles. The maximum atomic E-state index is 5.33. The molecule has 0 aliphatic carbocycles. The van der Waals surface area contributed by atoms with E-state index in [2.05, 4.69) is 32.9 Å². The van der Waals surface area contributed by atoms with Gasteiger partial charge in [0.2, 0.25) is 0 Å². The average Bonchev–Trinajstić information content (AvgIpc) is 2.29. The fraction of sp³-hybridized carbons (Fsp3) is 0.571. The van der Waals surface area contributed by atoms with E-state index >= 15 is 0 Å². The van der Waals surface area contributed by atoms with Gasteiger partial charge in [-0.1, -0.05) is 26.8 Å². The minimum atomic E-state index is 0.583. The standard InChI is InChI=1S/C14H22O2/c1-6-12(10(2)3)11-7-8-13(15-4)14(9-11)16-5/h7-10,12H,6H2,1-5H3. The first-order chi connectivity index (χ1) is 7.63. The van der Waals surface area contributed by atoms with Crippen LogP contribution in [0.4, 0.5) is 0 Å². The lowest BCUT2D eigenvalue weighted by atomic mass is 9.86. The molecule has 0 spiro atoms. The normalized spacial score (nSPS) is 12.6. The van der Waals surface area contributed by atoms with Crippen LogP contribution in [-0.2, 0) is 0 Å². The van der Waals surface area contributed by atoms with E-state index in [0.717, 1.165) is 17.9 Å². The third-order valence-electron chi connectivity index (χ3n) is 3.08. The number of hydrogen-bond donors (Lipinski definition) is 0. The molecule has 1 atom stereocenters. The molecule has 0 aromatic heterocycles. The van der Waals surface area contributed by atoms with E-state index in [1.807, 2.05) is 6.07 Å². The summed E-state index contributed by atoms with van der Waals surface area (Å²) in [7, 11) is 3.34. The van der Waals surface area contributed by atoms with Gasteiger partial charge in [0.05, 0.1) is 14.2 Å². The number of methoxy groups -OCH3 is 2. The molecule has 0 bridgehead atoms. The highest BCUT2D eigenvalue weighted by atomic mass is 16.5. The second-order valence-corrected chi connectivity index (χ2v) is 4.37. The van der Waals surface area contributed by atoms with Gasteiger partial charge in [-0.2, -0.15) is 0 Å². The van der Waals surface area contributed by atoms with Crippen molar-refractivity contribution in [1.82, 2.24) is 0 Å². The zero-order valence-corrected chi connectivity index (χ0v) is 10.9. The summed E-state index contributed by atoms with van der Waals surface area (Å²) in [4.78, 5) is 0. The Kier molecular flexibility index (Phi) is 4.66. The molecule has 0 saturated heterocycles. The van der Waals surface area contributed by atoms with E-state index in [4.69, 9.17) is 9.47 Å². The molecule has 0 fully saturated rings. The van der Waals surface area contributed by atoms with Crippen LogP contribution in [-0.4, -0.2) is 14.2 Å². The summed E-state index contributed by atoms with van der Waals surface area (Å²) >= 11 is 0. The van der Waals surface area contributed by atoms with Crippen molar-refractivity contribution in [3.8, 4) is 11.5 Å². The molecule has 0 amide bonds. The van der Waals surface area contributed by atoms with Crippen LogP contribution in [0.5, 0.6) is 11.5 Å². The van der Waals surface area contributed by atoms with Crippen LogP contribution in [0.3, 0.4) is 0 Å². The molecule has 90 valence electrons. The predicted molar refractivity (Wildman–Crippen MR) is 67.4 cm³/mol. The SMILES string of the molecule is CCC(c1ccc(OC)c(OC)c1)C(C)C. The van der Waals surface area contributed by atoms with Crippen LogP contribution >= 0.6 is 0 Å². The van der Waals surface area contributed by atoms with Gasteiger partial charge in [0.15, 0.2) is 11.5 Å². The summed E-state index contributed by atoms with van der Waals surface area (Å²) in [6, 6.07) is 6.21. The summed E-state index contributed by atoms with van der Waals surface area (Å²) in [5.74, 6) is 2.84. The summed E-state index contributed by atoms with van der Waals surface area (Å²) in [5, 5.41) is 0. The van der Waals surface area contributed by atoms with Gasteiger partial charge in [0.1, 0.15) is 0 Å². The number of benzene rings is 1. The summed E-state index contributed by atoms with van der Waals surface area (Å²) < 4.78 is 10.6. The zero-order chi connectivity index (χ0) is 12.1. The van der Waals surface area contributed by atoms with Crippen LogP contribution in [0.25, 0.3) is 0 Å². The lowest BCUT2D eigenvalue weighted by Crippen LogP contribution is -2.05. The second kappa shape index (κ2) is 5.78. The minimum absolute atomic E-state index is 0.583. The molecule has 2 nitrogen and oxygen atoms in total. The lowest BCUT2D eigenvalue weighted by Gasteiger charge is -2.20. The van der Waals surface area contributed by atoms with Crippen molar-refractivity contribution >= 4 is 0 Å². The van der Waals surface area contributed by atoms with Crippen LogP contribution < -0.4 is 9.47 Å². The number of hydrogen-bond acceptors (Lipinski definition) is 2. The number of rotatable bonds is 5. The van der Waals surface area contributed by atoms with E-state index in [1.165, 1.54) is 5.56 Å². The summed E-state index contributed by atoms with van der Waals surface area (Å²) in [6.45, 7) is 6.73. The van der Waals surface area contributed by atoms with Gasteiger partial charge in [-0.15, -0.1) is 0 Å². The first-order valence-corrected chi connectivity index (χ1v) is 5.85. The third kappa shape index (κ3) is 2.69. The highest BCUT2D eigenvalue weighted by Gasteiger charge is 2.15. The van der Waals surface area contributed by atoms with Gasteiger partial charge in [0, 0.05) is 0 Å². The Labute approximate surface area is 98.6 Å². The lowest BCUT2D eigenvalue weighted by molar-refractivity contribution is 0.353. The second-order valence-electron chi connectivity index (χ2n) is 4.37. The molecule has 16 heavy (non-hydrogen) atoms. The Bertz CT molecular complexity index is 332.